The van der Waals surface area contributed by atoms with Crippen LogP contribution in [-0.4, -0.2) is 26.2 Å². The van der Waals surface area contributed by atoms with Crippen LogP contribution in [0, 0.1) is 10.1 Å². The summed E-state index contributed by atoms with van der Waals surface area (Å²) in [6.45, 7) is 2.94. The topological polar surface area (TPSA) is 98.5 Å². The molecule has 0 unspecified atom stereocenters. The van der Waals surface area contributed by atoms with Crippen molar-refractivity contribution in [3.8, 4) is 0 Å². The molecule has 0 saturated heterocycles. The Hall–Kier alpha value is -2.45. The van der Waals surface area contributed by atoms with Crippen LogP contribution in [0.25, 0.3) is 0 Å². The van der Waals surface area contributed by atoms with Crippen molar-refractivity contribution in [1.82, 2.24) is 0 Å². The van der Waals surface area contributed by atoms with E-state index < -0.39 is 14.8 Å². The Morgan fingerprint density at radius 1 is 1.21 bits per heavy atom. The molecule has 0 aromatic heterocycles. The molecule has 0 spiro atoms. The van der Waals surface area contributed by atoms with E-state index in [9.17, 15) is 18.5 Å². The number of nitro benzene ring substituents is 1. The Morgan fingerprint density at radius 2 is 1.96 bits per heavy atom. The molecule has 0 aliphatic rings. The number of hydrogen-bond donors (Lipinski definition) is 1. The Labute approximate surface area is 140 Å². The molecule has 2 aromatic rings. The van der Waals surface area contributed by atoms with E-state index >= 15 is 0 Å². The molecule has 2 aromatic carbocycles. The summed E-state index contributed by atoms with van der Waals surface area (Å²) in [5, 5.41) is 14.2. The highest BCUT2D eigenvalue weighted by atomic mass is 32.2. The lowest BCUT2D eigenvalue weighted by Gasteiger charge is -2.10. The minimum Gasteiger partial charge on any atom is -0.377 e. The molecule has 128 valence electrons. The molecular weight excluding hydrogens is 332 g/mol. The van der Waals surface area contributed by atoms with E-state index in [0.29, 0.717) is 18.9 Å². The second kappa shape index (κ2) is 7.41. The van der Waals surface area contributed by atoms with Gasteiger partial charge in [-0.1, -0.05) is 12.1 Å². The van der Waals surface area contributed by atoms with Gasteiger partial charge in [-0.05, 0) is 36.8 Å². The van der Waals surface area contributed by atoms with Crippen molar-refractivity contribution >= 4 is 26.9 Å². The van der Waals surface area contributed by atoms with E-state index in [1.165, 1.54) is 12.1 Å². The molecule has 1 N–H and O–H groups in total. The smallest absolute Gasteiger partial charge is 0.293 e. The molecule has 0 fully saturated rings. The number of nitrogens with zero attached hydrogens (tertiary/aromatic N) is 1. The second-order valence-electron chi connectivity index (χ2n) is 5.17. The van der Waals surface area contributed by atoms with Crippen LogP contribution in [0.4, 0.5) is 17.1 Å². The standard InChI is InChI=1S/C16H18N2O5S/c1-3-23-11-12-5-4-6-13(9-12)17-15-8-7-14(24(2,21)22)10-16(15)18(19)20/h4-10,17H,3,11H2,1-2H3. The molecule has 0 aliphatic heterocycles. The first kappa shape index (κ1) is 17.9. The molecule has 0 aliphatic carbocycles. The predicted molar refractivity (Wildman–Crippen MR) is 91.3 cm³/mol. The Bertz CT molecular complexity index is 849. The SMILES string of the molecule is CCOCc1cccc(Nc2ccc(S(C)(=O)=O)cc2[N+](=O)[O-])c1. The summed E-state index contributed by atoms with van der Waals surface area (Å²) in [6.07, 6.45) is 1.01. The monoisotopic (exact) mass is 350 g/mol. The average molecular weight is 350 g/mol. The van der Waals surface area contributed by atoms with Gasteiger partial charge in [-0.15, -0.1) is 0 Å². The third kappa shape index (κ3) is 4.53. The number of ether oxygens (including phenoxy) is 1. The van der Waals surface area contributed by atoms with Crippen LogP contribution in [0.5, 0.6) is 0 Å². The summed E-state index contributed by atoms with van der Waals surface area (Å²) in [7, 11) is -3.51. The molecular formula is C16H18N2O5S. The molecule has 24 heavy (non-hydrogen) atoms. The van der Waals surface area contributed by atoms with Gasteiger partial charge in [0.2, 0.25) is 0 Å². The van der Waals surface area contributed by atoms with Gasteiger partial charge in [-0.3, -0.25) is 10.1 Å². The quantitative estimate of drug-likeness (QED) is 0.608. The lowest BCUT2D eigenvalue weighted by atomic mass is 10.2. The van der Waals surface area contributed by atoms with Crippen molar-refractivity contribution < 1.29 is 18.1 Å². The number of sulfone groups is 1. The highest BCUT2D eigenvalue weighted by Crippen LogP contribution is 2.30. The molecule has 0 saturated carbocycles. The summed E-state index contributed by atoms with van der Waals surface area (Å²) in [6, 6.07) is 11.1. The van der Waals surface area contributed by atoms with Crippen LogP contribution < -0.4 is 5.32 Å². The van der Waals surface area contributed by atoms with Crippen molar-refractivity contribution in [3.05, 3.63) is 58.1 Å². The summed E-state index contributed by atoms with van der Waals surface area (Å²) >= 11 is 0. The fourth-order valence-electron chi connectivity index (χ4n) is 2.11. The fraction of sp³-hybridized carbons (Fsp3) is 0.250. The maximum atomic E-state index is 11.6. The van der Waals surface area contributed by atoms with Crippen LogP contribution in [0.3, 0.4) is 0 Å². The second-order valence-corrected chi connectivity index (χ2v) is 7.19. The number of nitro groups is 1. The molecule has 0 heterocycles. The lowest BCUT2D eigenvalue weighted by molar-refractivity contribution is -0.384. The molecule has 0 radical (unpaired) electrons. The van der Waals surface area contributed by atoms with Crippen LogP contribution in [0.15, 0.2) is 47.4 Å². The zero-order chi connectivity index (χ0) is 17.7. The third-order valence-electron chi connectivity index (χ3n) is 3.27. The lowest BCUT2D eigenvalue weighted by Crippen LogP contribution is -2.02. The molecule has 0 bridgehead atoms. The van der Waals surface area contributed by atoms with E-state index in [2.05, 4.69) is 5.32 Å². The van der Waals surface area contributed by atoms with Gasteiger partial charge in [0.1, 0.15) is 5.69 Å². The number of nitrogens with one attached hydrogen (secondary N) is 1. The van der Waals surface area contributed by atoms with Gasteiger partial charge in [-0.25, -0.2) is 8.42 Å². The summed E-state index contributed by atoms with van der Waals surface area (Å²) in [5.74, 6) is 0. The highest BCUT2D eigenvalue weighted by Gasteiger charge is 2.18. The summed E-state index contributed by atoms with van der Waals surface area (Å²) in [5.41, 5.74) is 1.51. The Kier molecular flexibility index (Phi) is 5.53. The minimum absolute atomic E-state index is 0.0927. The summed E-state index contributed by atoms with van der Waals surface area (Å²) < 4.78 is 28.5. The van der Waals surface area contributed by atoms with Crippen LogP contribution in [-0.2, 0) is 21.2 Å². The maximum Gasteiger partial charge on any atom is 0.293 e. The first-order valence-corrected chi connectivity index (χ1v) is 9.12. The number of rotatable bonds is 7. The van der Waals surface area contributed by atoms with Gasteiger partial charge < -0.3 is 10.1 Å². The molecule has 2 rings (SSSR count). The molecule has 0 amide bonds. The van der Waals surface area contributed by atoms with Crippen LogP contribution >= 0.6 is 0 Å². The van der Waals surface area contributed by atoms with Crippen molar-refractivity contribution in [2.24, 2.45) is 0 Å². The van der Waals surface area contributed by atoms with Crippen molar-refractivity contribution in [1.29, 1.82) is 0 Å². The van der Waals surface area contributed by atoms with E-state index in [1.54, 1.807) is 6.07 Å². The Morgan fingerprint density at radius 3 is 2.58 bits per heavy atom. The van der Waals surface area contributed by atoms with E-state index in [0.717, 1.165) is 17.9 Å². The Balaban J connectivity index is 2.34. The zero-order valence-electron chi connectivity index (χ0n) is 13.4. The fourth-order valence-corrected chi connectivity index (χ4v) is 2.75. The van der Waals surface area contributed by atoms with Gasteiger partial charge in [0, 0.05) is 24.6 Å². The van der Waals surface area contributed by atoms with Gasteiger partial charge in [0.15, 0.2) is 9.84 Å². The van der Waals surface area contributed by atoms with Crippen molar-refractivity contribution in [2.45, 2.75) is 18.4 Å². The number of anilines is 2. The van der Waals surface area contributed by atoms with Gasteiger partial charge >= 0.3 is 0 Å². The van der Waals surface area contributed by atoms with Crippen LogP contribution in [0.1, 0.15) is 12.5 Å². The zero-order valence-corrected chi connectivity index (χ0v) is 14.2. The first-order valence-electron chi connectivity index (χ1n) is 7.23. The normalized spacial score (nSPS) is 11.2. The minimum atomic E-state index is -3.51. The molecule has 7 nitrogen and oxygen atoms in total. The number of hydrogen-bond acceptors (Lipinski definition) is 6. The van der Waals surface area contributed by atoms with E-state index in [4.69, 9.17) is 4.74 Å². The average Bonchev–Trinajstić information content (AvgIpc) is 2.52. The molecule has 8 heteroatoms. The van der Waals surface area contributed by atoms with E-state index in [-0.39, 0.29) is 16.3 Å². The predicted octanol–water partition coefficient (Wildman–Crippen LogP) is 3.28. The third-order valence-corrected chi connectivity index (χ3v) is 4.38. The maximum absolute atomic E-state index is 11.6. The van der Waals surface area contributed by atoms with Crippen molar-refractivity contribution in [3.63, 3.8) is 0 Å². The van der Waals surface area contributed by atoms with Gasteiger partial charge in [0.25, 0.3) is 5.69 Å². The summed E-state index contributed by atoms with van der Waals surface area (Å²) in [4.78, 5) is 10.5. The molecule has 0 atom stereocenters. The van der Waals surface area contributed by atoms with Gasteiger partial charge in [-0.2, -0.15) is 0 Å². The van der Waals surface area contributed by atoms with E-state index in [1.807, 2.05) is 25.1 Å². The van der Waals surface area contributed by atoms with Gasteiger partial charge in [0.05, 0.1) is 16.4 Å². The first-order chi connectivity index (χ1) is 11.3. The van der Waals surface area contributed by atoms with Crippen LogP contribution in [0.2, 0.25) is 0 Å². The number of benzene rings is 2. The largest absolute Gasteiger partial charge is 0.377 e. The highest BCUT2D eigenvalue weighted by molar-refractivity contribution is 7.90. The van der Waals surface area contributed by atoms with Crippen molar-refractivity contribution in [2.75, 3.05) is 18.2 Å².